The molecular weight excluding hydrogens is 355 g/mol. The molecule has 21 heavy (non-hydrogen) atoms. The van der Waals surface area contributed by atoms with Crippen LogP contribution in [-0.2, 0) is 6.42 Å². The van der Waals surface area contributed by atoms with Gasteiger partial charge in [0.25, 0.3) is 0 Å². The fraction of sp³-hybridized carbons (Fsp3) is 0.333. The van der Waals surface area contributed by atoms with Crippen LogP contribution in [0.1, 0.15) is 18.2 Å². The summed E-state index contributed by atoms with van der Waals surface area (Å²) in [5.74, 6) is -0.180. The lowest BCUT2D eigenvalue weighted by Crippen LogP contribution is -2.07. The minimum atomic E-state index is -0.423. The number of hydrogen-bond donors (Lipinski definition) is 2. The van der Waals surface area contributed by atoms with E-state index < -0.39 is 5.82 Å². The lowest BCUT2D eigenvalue weighted by molar-refractivity contribution is 0.301. The van der Waals surface area contributed by atoms with Crippen molar-refractivity contribution in [1.82, 2.24) is 0 Å². The first-order valence-electron chi connectivity index (χ1n) is 6.80. The van der Waals surface area contributed by atoms with Crippen molar-refractivity contribution in [2.75, 3.05) is 24.2 Å². The molecule has 0 spiro atoms. The van der Waals surface area contributed by atoms with E-state index in [0.29, 0.717) is 18.0 Å². The zero-order valence-corrected chi connectivity index (χ0v) is 14.2. The molecule has 114 valence electrons. The summed E-state index contributed by atoms with van der Waals surface area (Å²) in [6.45, 7) is 3.20. The molecule has 0 saturated carbocycles. The molecule has 6 heteroatoms. The van der Waals surface area contributed by atoms with Crippen LogP contribution < -0.4 is 15.8 Å². The van der Waals surface area contributed by atoms with E-state index in [9.17, 15) is 4.39 Å². The van der Waals surface area contributed by atoms with Crippen LogP contribution in [0.3, 0.4) is 0 Å². The predicted molar refractivity (Wildman–Crippen MR) is 90.8 cm³/mol. The monoisotopic (exact) mass is 372 g/mol. The molecule has 0 aliphatic heterocycles. The maximum absolute atomic E-state index is 13.7. The first-order valence-corrected chi connectivity index (χ1v) is 8.41. The second-order valence-electron chi connectivity index (χ2n) is 4.60. The molecule has 0 unspecified atom stereocenters. The van der Waals surface area contributed by atoms with Crippen LogP contribution >= 0.6 is 27.3 Å². The molecule has 0 amide bonds. The van der Waals surface area contributed by atoms with Gasteiger partial charge in [0.05, 0.1) is 21.8 Å². The van der Waals surface area contributed by atoms with Crippen molar-refractivity contribution >= 4 is 38.6 Å². The second kappa shape index (κ2) is 7.66. The third-order valence-corrected chi connectivity index (χ3v) is 4.56. The Morgan fingerprint density at radius 1 is 1.38 bits per heavy atom. The van der Waals surface area contributed by atoms with Gasteiger partial charge in [-0.05, 0) is 40.9 Å². The van der Waals surface area contributed by atoms with Gasteiger partial charge in [0, 0.05) is 23.6 Å². The normalized spacial score (nSPS) is 10.6. The van der Waals surface area contributed by atoms with Crippen molar-refractivity contribution in [2.24, 2.45) is 0 Å². The van der Waals surface area contributed by atoms with Gasteiger partial charge >= 0.3 is 0 Å². The van der Waals surface area contributed by atoms with Crippen molar-refractivity contribution in [1.29, 1.82) is 0 Å². The molecule has 1 aromatic heterocycles. The average Bonchev–Trinajstić information content (AvgIpc) is 2.85. The highest BCUT2D eigenvalue weighted by atomic mass is 79.9. The highest BCUT2D eigenvalue weighted by Crippen LogP contribution is 2.28. The quantitative estimate of drug-likeness (QED) is 0.693. The van der Waals surface area contributed by atoms with Crippen molar-refractivity contribution in [2.45, 2.75) is 19.8 Å². The summed E-state index contributed by atoms with van der Waals surface area (Å²) >= 11 is 5.15. The Hall–Kier alpha value is -1.27. The maximum atomic E-state index is 13.7. The minimum Gasteiger partial charge on any atom is -0.490 e. The van der Waals surface area contributed by atoms with Gasteiger partial charge in [-0.1, -0.05) is 6.92 Å². The van der Waals surface area contributed by atoms with Gasteiger partial charge in [-0.2, -0.15) is 0 Å². The molecule has 1 heterocycles. The van der Waals surface area contributed by atoms with Crippen molar-refractivity contribution < 1.29 is 9.13 Å². The first kappa shape index (κ1) is 16.1. The van der Waals surface area contributed by atoms with E-state index in [1.807, 2.05) is 13.0 Å². The van der Waals surface area contributed by atoms with Gasteiger partial charge in [-0.3, -0.25) is 0 Å². The van der Waals surface area contributed by atoms with Crippen LogP contribution in [-0.4, -0.2) is 13.2 Å². The Morgan fingerprint density at radius 3 is 2.86 bits per heavy atom. The number of benzene rings is 1. The Balaban J connectivity index is 1.98. The molecule has 2 rings (SSSR count). The van der Waals surface area contributed by atoms with Crippen LogP contribution in [0.2, 0.25) is 0 Å². The lowest BCUT2D eigenvalue weighted by atomic mass is 10.2. The lowest BCUT2D eigenvalue weighted by Gasteiger charge is -2.12. The summed E-state index contributed by atoms with van der Waals surface area (Å²) < 4.78 is 20.2. The van der Waals surface area contributed by atoms with Gasteiger partial charge in [0.2, 0.25) is 0 Å². The number of anilines is 2. The summed E-state index contributed by atoms with van der Waals surface area (Å²) in [5.41, 5.74) is 6.94. The van der Waals surface area contributed by atoms with Gasteiger partial charge in [-0.25, -0.2) is 4.39 Å². The van der Waals surface area contributed by atoms with Gasteiger partial charge < -0.3 is 15.8 Å². The third kappa shape index (κ3) is 4.61. The number of nitrogens with two attached hydrogens (primary N) is 1. The predicted octanol–water partition coefficient (Wildman–Crippen LogP) is 4.68. The smallest absolute Gasteiger partial charge is 0.167 e. The van der Waals surface area contributed by atoms with Crippen LogP contribution in [0.5, 0.6) is 5.75 Å². The fourth-order valence-electron chi connectivity index (χ4n) is 1.85. The van der Waals surface area contributed by atoms with E-state index in [1.54, 1.807) is 17.4 Å². The molecule has 2 aromatic rings. The van der Waals surface area contributed by atoms with E-state index in [2.05, 4.69) is 27.3 Å². The minimum absolute atomic E-state index is 0.243. The summed E-state index contributed by atoms with van der Waals surface area (Å²) in [6.07, 6.45) is 1.72. The van der Waals surface area contributed by atoms with E-state index >= 15 is 0 Å². The number of halogens is 2. The first-order chi connectivity index (χ1) is 10.1. The summed E-state index contributed by atoms with van der Waals surface area (Å²) in [4.78, 5) is 1.28. The number of ether oxygens (including phenoxy) is 1. The number of thiophene rings is 1. The Morgan fingerprint density at radius 2 is 2.19 bits per heavy atom. The van der Waals surface area contributed by atoms with Crippen LogP contribution in [0.4, 0.5) is 15.8 Å². The number of hydrogen-bond acceptors (Lipinski definition) is 4. The zero-order valence-electron chi connectivity index (χ0n) is 11.8. The van der Waals surface area contributed by atoms with E-state index in [-0.39, 0.29) is 5.75 Å². The molecule has 3 nitrogen and oxygen atoms in total. The van der Waals surface area contributed by atoms with Gasteiger partial charge in [0.1, 0.15) is 0 Å². The number of nitrogens with one attached hydrogen (secondary N) is 1. The van der Waals surface area contributed by atoms with Crippen LogP contribution in [0, 0.1) is 5.82 Å². The molecule has 1 aromatic carbocycles. The molecule has 0 aliphatic carbocycles. The van der Waals surface area contributed by atoms with E-state index in [1.165, 1.54) is 10.9 Å². The average molecular weight is 373 g/mol. The molecule has 0 atom stereocenters. The van der Waals surface area contributed by atoms with E-state index in [0.717, 1.165) is 23.2 Å². The number of rotatable bonds is 7. The van der Waals surface area contributed by atoms with Crippen molar-refractivity contribution in [3.8, 4) is 5.75 Å². The molecule has 3 N–H and O–H groups in total. The molecule has 0 bridgehead atoms. The molecule has 0 fully saturated rings. The maximum Gasteiger partial charge on any atom is 0.167 e. The standard InChI is InChI=1S/C15H18BrFN2OS/c1-2-7-20-14-9-13(12(18)8-11(14)17)19-6-5-10-3-4-15(16)21-10/h3-4,8-9,19H,2,5-7,18H2,1H3. The van der Waals surface area contributed by atoms with Gasteiger partial charge in [-0.15, -0.1) is 11.3 Å². The van der Waals surface area contributed by atoms with Crippen molar-refractivity contribution in [3.63, 3.8) is 0 Å². The topological polar surface area (TPSA) is 47.3 Å². The number of nitrogen functional groups attached to an aromatic ring is 1. The Kier molecular flexibility index (Phi) is 5.87. The van der Waals surface area contributed by atoms with Crippen LogP contribution in [0.15, 0.2) is 28.1 Å². The van der Waals surface area contributed by atoms with Gasteiger partial charge in [0.15, 0.2) is 11.6 Å². The second-order valence-corrected chi connectivity index (χ2v) is 7.15. The highest BCUT2D eigenvalue weighted by Gasteiger charge is 2.09. The zero-order chi connectivity index (χ0) is 15.2. The fourth-order valence-corrected chi connectivity index (χ4v) is 3.33. The summed E-state index contributed by atoms with van der Waals surface area (Å²) in [6, 6.07) is 7.04. The summed E-state index contributed by atoms with van der Waals surface area (Å²) in [7, 11) is 0. The molecular formula is C15H18BrFN2OS. The van der Waals surface area contributed by atoms with E-state index in [4.69, 9.17) is 10.5 Å². The Labute approximate surface area is 136 Å². The molecule has 0 aliphatic rings. The third-order valence-electron chi connectivity index (χ3n) is 2.88. The largest absolute Gasteiger partial charge is 0.490 e. The van der Waals surface area contributed by atoms with Crippen LogP contribution in [0.25, 0.3) is 0 Å². The SMILES string of the molecule is CCCOc1cc(NCCc2ccc(Br)s2)c(N)cc1F. The highest BCUT2D eigenvalue weighted by molar-refractivity contribution is 9.11. The Bertz CT molecular complexity index is 603. The molecule has 0 saturated heterocycles. The molecule has 0 radical (unpaired) electrons. The summed E-state index contributed by atoms with van der Waals surface area (Å²) in [5, 5.41) is 3.23. The van der Waals surface area contributed by atoms with Crippen molar-refractivity contribution in [3.05, 3.63) is 38.7 Å².